The van der Waals surface area contributed by atoms with Crippen molar-refractivity contribution in [3.8, 4) is 6.07 Å². The van der Waals surface area contributed by atoms with Gasteiger partial charge in [0.05, 0.1) is 12.5 Å². The Morgan fingerprint density at radius 1 is 1.55 bits per heavy atom. The van der Waals surface area contributed by atoms with E-state index < -0.39 is 0 Å². The smallest absolute Gasteiger partial charge is 0.118 e. The molecule has 1 aromatic rings. The van der Waals surface area contributed by atoms with E-state index in [1.54, 1.807) is 0 Å². The average molecular weight is 147 g/mol. The van der Waals surface area contributed by atoms with E-state index in [2.05, 4.69) is 6.07 Å². The second kappa shape index (κ2) is 2.43. The van der Waals surface area contributed by atoms with Gasteiger partial charge in [-0.25, -0.2) is 0 Å². The van der Waals surface area contributed by atoms with Crippen LogP contribution in [0.4, 0.5) is 0 Å². The molecule has 2 heteroatoms. The van der Waals surface area contributed by atoms with Crippen LogP contribution in [0.25, 0.3) is 0 Å². The quantitative estimate of drug-likeness (QED) is 0.607. The molecule has 0 aliphatic heterocycles. The maximum Gasteiger partial charge on any atom is 0.118 e. The van der Waals surface area contributed by atoms with Gasteiger partial charge in [0, 0.05) is 6.42 Å². The van der Waals surface area contributed by atoms with Crippen LogP contribution in [-0.2, 0) is 19.3 Å². The lowest BCUT2D eigenvalue weighted by atomic mass is 10.2. The molecule has 2 rings (SSSR count). The lowest BCUT2D eigenvalue weighted by Crippen LogP contribution is -1.76. The van der Waals surface area contributed by atoms with Crippen LogP contribution in [0.1, 0.15) is 23.5 Å². The van der Waals surface area contributed by atoms with Crippen molar-refractivity contribution in [2.45, 2.75) is 25.7 Å². The highest BCUT2D eigenvalue weighted by Crippen LogP contribution is 2.25. The zero-order valence-electron chi connectivity index (χ0n) is 6.26. The fraction of sp³-hybridized carbons (Fsp3) is 0.444. The van der Waals surface area contributed by atoms with Crippen LogP contribution in [0, 0.1) is 11.3 Å². The van der Waals surface area contributed by atoms with Crippen LogP contribution >= 0.6 is 0 Å². The first-order chi connectivity index (χ1) is 5.40. The molecule has 1 heterocycles. The summed E-state index contributed by atoms with van der Waals surface area (Å²) in [5.41, 5.74) is 1.32. The Labute approximate surface area is 65.4 Å². The summed E-state index contributed by atoms with van der Waals surface area (Å²) in [6, 6.07) is 4.10. The largest absolute Gasteiger partial charge is 0.465 e. The number of aryl methyl sites for hydroxylation is 2. The molecule has 1 aliphatic carbocycles. The predicted molar refractivity (Wildman–Crippen MR) is 40.1 cm³/mol. The first-order valence-corrected chi connectivity index (χ1v) is 3.87. The van der Waals surface area contributed by atoms with Gasteiger partial charge in [0.1, 0.15) is 11.5 Å². The Hall–Kier alpha value is -1.23. The lowest BCUT2D eigenvalue weighted by molar-refractivity contribution is 0.480. The van der Waals surface area contributed by atoms with Gasteiger partial charge in [-0.15, -0.1) is 0 Å². The molecule has 56 valence electrons. The maximum atomic E-state index is 8.40. The number of nitrogens with zero attached hydrogens (tertiary/aromatic N) is 1. The topological polar surface area (TPSA) is 36.9 Å². The molecule has 2 nitrogen and oxygen atoms in total. The highest BCUT2D eigenvalue weighted by atomic mass is 16.3. The Bertz CT molecular complexity index is 284. The van der Waals surface area contributed by atoms with Crippen molar-refractivity contribution in [1.29, 1.82) is 5.26 Å². The number of nitriles is 1. The van der Waals surface area contributed by atoms with Crippen LogP contribution in [0.5, 0.6) is 0 Å². The monoisotopic (exact) mass is 147 g/mol. The van der Waals surface area contributed by atoms with Crippen LogP contribution in [0.3, 0.4) is 0 Å². The van der Waals surface area contributed by atoms with Crippen molar-refractivity contribution in [2.24, 2.45) is 0 Å². The summed E-state index contributed by atoms with van der Waals surface area (Å²) in [7, 11) is 0. The zero-order valence-corrected chi connectivity index (χ0v) is 6.26. The third kappa shape index (κ3) is 1.03. The van der Waals surface area contributed by atoms with E-state index in [0.29, 0.717) is 6.42 Å². The minimum Gasteiger partial charge on any atom is -0.465 e. The fourth-order valence-electron chi connectivity index (χ4n) is 1.56. The van der Waals surface area contributed by atoms with E-state index in [9.17, 15) is 0 Å². The summed E-state index contributed by atoms with van der Waals surface area (Å²) in [6.45, 7) is 0. The zero-order chi connectivity index (χ0) is 7.68. The summed E-state index contributed by atoms with van der Waals surface area (Å²) in [5, 5.41) is 8.40. The molecule has 0 N–H and O–H groups in total. The first kappa shape index (κ1) is 6.48. The van der Waals surface area contributed by atoms with Crippen LogP contribution in [-0.4, -0.2) is 0 Å². The molecule has 0 spiro atoms. The first-order valence-electron chi connectivity index (χ1n) is 3.87. The predicted octanol–water partition coefficient (Wildman–Crippen LogP) is 1.83. The van der Waals surface area contributed by atoms with Gasteiger partial charge in [-0.05, 0) is 24.5 Å². The van der Waals surface area contributed by atoms with Gasteiger partial charge in [0.2, 0.25) is 0 Å². The molecule has 0 saturated heterocycles. The molecule has 11 heavy (non-hydrogen) atoms. The second-order valence-corrected chi connectivity index (χ2v) is 2.85. The number of fused-ring (bicyclic) bond motifs is 1. The number of rotatable bonds is 1. The van der Waals surface area contributed by atoms with Gasteiger partial charge in [-0.3, -0.25) is 0 Å². The Balaban J connectivity index is 2.29. The standard InChI is InChI=1S/C9H9NO/c10-5-4-8-6-7-2-1-3-9(7)11-8/h6H,1-4H2. The van der Waals surface area contributed by atoms with Crippen molar-refractivity contribution in [3.63, 3.8) is 0 Å². The molecule has 0 aromatic carbocycles. The van der Waals surface area contributed by atoms with Crippen molar-refractivity contribution in [3.05, 3.63) is 23.2 Å². The summed E-state index contributed by atoms with van der Waals surface area (Å²) < 4.78 is 5.44. The number of furan rings is 1. The van der Waals surface area contributed by atoms with E-state index in [1.165, 1.54) is 12.0 Å². The van der Waals surface area contributed by atoms with E-state index in [0.717, 1.165) is 24.4 Å². The van der Waals surface area contributed by atoms with Crippen LogP contribution < -0.4 is 0 Å². The fourth-order valence-corrected chi connectivity index (χ4v) is 1.56. The number of hydrogen-bond acceptors (Lipinski definition) is 2. The average Bonchev–Trinajstić information content (AvgIpc) is 2.46. The molecule has 1 aromatic heterocycles. The van der Waals surface area contributed by atoms with Gasteiger partial charge >= 0.3 is 0 Å². The molecule has 0 fully saturated rings. The molecule has 0 unspecified atom stereocenters. The van der Waals surface area contributed by atoms with Crippen LogP contribution in [0.15, 0.2) is 10.5 Å². The van der Waals surface area contributed by atoms with Gasteiger partial charge < -0.3 is 4.42 Å². The van der Waals surface area contributed by atoms with Gasteiger partial charge in [0.15, 0.2) is 0 Å². The lowest BCUT2D eigenvalue weighted by Gasteiger charge is -1.86. The third-order valence-electron chi connectivity index (χ3n) is 2.05. The number of hydrogen-bond donors (Lipinski definition) is 0. The van der Waals surface area contributed by atoms with E-state index in [1.807, 2.05) is 6.07 Å². The summed E-state index contributed by atoms with van der Waals surface area (Å²) in [6.07, 6.45) is 3.80. The molecular formula is C9H9NO. The summed E-state index contributed by atoms with van der Waals surface area (Å²) in [5.74, 6) is 1.94. The Kier molecular flexibility index (Phi) is 1.43. The minimum absolute atomic E-state index is 0.410. The molecule has 0 bridgehead atoms. The van der Waals surface area contributed by atoms with Crippen molar-refractivity contribution in [2.75, 3.05) is 0 Å². The SMILES string of the molecule is N#CCc1cc2c(o1)CCC2. The molecule has 1 aliphatic rings. The summed E-state index contributed by atoms with van der Waals surface area (Å²) in [4.78, 5) is 0. The molecular weight excluding hydrogens is 138 g/mol. The van der Waals surface area contributed by atoms with E-state index >= 15 is 0 Å². The van der Waals surface area contributed by atoms with Crippen molar-refractivity contribution < 1.29 is 4.42 Å². The van der Waals surface area contributed by atoms with Gasteiger partial charge in [0.25, 0.3) is 0 Å². The van der Waals surface area contributed by atoms with Crippen LogP contribution in [0.2, 0.25) is 0 Å². The molecule has 0 saturated carbocycles. The third-order valence-corrected chi connectivity index (χ3v) is 2.05. The minimum atomic E-state index is 0.410. The molecule has 0 radical (unpaired) electrons. The van der Waals surface area contributed by atoms with Crippen molar-refractivity contribution >= 4 is 0 Å². The maximum absolute atomic E-state index is 8.40. The molecule has 0 amide bonds. The normalized spacial score (nSPS) is 14.5. The van der Waals surface area contributed by atoms with Gasteiger partial charge in [-0.2, -0.15) is 5.26 Å². The van der Waals surface area contributed by atoms with E-state index in [-0.39, 0.29) is 0 Å². The van der Waals surface area contributed by atoms with Crippen molar-refractivity contribution in [1.82, 2.24) is 0 Å². The highest BCUT2D eigenvalue weighted by Gasteiger charge is 2.15. The van der Waals surface area contributed by atoms with Gasteiger partial charge in [-0.1, -0.05) is 0 Å². The Morgan fingerprint density at radius 2 is 2.45 bits per heavy atom. The summed E-state index contributed by atoms with van der Waals surface area (Å²) >= 11 is 0. The molecule has 0 atom stereocenters. The van der Waals surface area contributed by atoms with E-state index in [4.69, 9.17) is 9.68 Å². The highest BCUT2D eigenvalue weighted by molar-refractivity contribution is 5.26. The second-order valence-electron chi connectivity index (χ2n) is 2.85. The Morgan fingerprint density at radius 3 is 3.18 bits per heavy atom.